The van der Waals surface area contributed by atoms with Crippen LogP contribution in [0.2, 0.25) is 0 Å². The molecule has 1 aromatic rings. The van der Waals surface area contributed by atoms with Gasteiger partial charge in [-0.15, -0.1) is 0 Å². The molecule has 1 aromatic heterocycles. The molecule has 0 unspecified atom stereocenters. The summed E-state index contributed by atoms with van der Waals surface area (Å²) in [7, 11) is 0. The SMILES string of the molecule is OCCCN(CCO)Cc1ccon1. The lowest BCUT2D eigenvalue weighted by molar-refractivity contribution is 0.171. The van der Waals surface area contributed by atoms with Crippen molar-refractivity contribution in [2.45, 2.75) is 13.0 Å². The highest BCUT2D eigenvalue weighted by Crippen LogP contribution is 2.01. The van der Waals surface area contributed by atoms with E-state index in [1.165, 1.54) is 6.26 Å². The fourth-order valence-corrected chi connectivity index (χ4v) is 1.25. The Morgan fingerprint density at radius 2 is 2.14 bits per heavy atom. The van der Waals surface area contributed by atoms with Gasteiger partial charge in [-0.25, -0.2) is 0 Å². The van der Waals surface area contributed by atoms with Crippen molar-refractivity contribution in [1.82, 2.24) is 10.1 Å². The Labute approximate surface area is 82.9 Å². The van der Waals surface area contributed by atoms with E-state index >= 15 is 0 Å². The molecule has 0 aliphatic heterocycles. The number of aliphatic hydroxyl groups excluding tert-OH is 2. The van der Waals surface area contributed by atoms with E-state index in [0.29, 0.717) is 19.5 Å². The summed E-state index contributed by atoms with van der Waals surface area (Å²) in [4.78, 5) is 2.02. The quantitative estimate of drug-likeness (QED) is 0.640. The van der Waals surface area contributed by atoms with Crippen molar-refractivity contribution in [2.24, 2.45) is 0 Å². The molecule has 0 spiro atoms. The van der Waals surface area contributed by atoms with Gasteiger partial charge in [0.25, 0.3) is 0 Å². The molecular weight excluding hydrogens is 184 g/mol. The number of aromatic nitrogens is 1. The summed E-state index contributed by atoms with van der Waals surface area (Å²) in [6, 6.07) is 1.79. The summed E-state index contributed by atoms with van der Waals surface area (Å²) >= 11 is 0. The minimum Gasteiger partial charge on any atom is -0.396 e. The lowest BCUT2D eigenvalue weighted by Gasteiger charge is -2.18. The highest BCUT2D eigenvalue weighted by atomic mass is 16.5. The van der Waals surface area contributed by atoms with Crippen molar-refractivity contribution in [3.05, 3.63) is 18.0 Å². The lowest BCUT2D eigenvalue weighted by Crippen LogP contribution is -2.28. The highest BCUT2D eigenvalue weighted by Gasteiger charge is 2.06. The predicted octanol–water partition coefficient (Wildman–Crippen LogP) is -0.149. The topological polar surface area (TPSA) is 69.7 Å². The average Bonchev–Trinajstić information content (AvgIpc) is 2.67. The van der Waals surface area contributed by atoms with Gasteiger partial charge in [-0.05, 0) is 6.42 Å². The summed E-state index contributed by atoms with van der Waals surface area (Å²) in [5, 5.41) is 21.3. The molecule has 0 fully saturated rings. The number of aliphatic hydroxyl groups is 2. The first kappa shape index (κ1) is 11.2. The third kappa shape index (κ3) is 3.87. The fourth-order valence-electron chi connectivity index (χ4n) is 1.25. The zero-order valence-electron chi connectivity index (χ0n) is 8.09. The first-order chi connectivity index (χ1) is 6.86. The van der Waals surface area contributed by atoms with Crippen LogP contribution in [0.5, 0.6) is 0 Å². The van der Waals surface area contributed by atoms with Crippen LogP contribution in [0.1, 0.15) is 12.1 Å². The van der Waals surface area contributed by atoms with Crippen molar-refractivity contribution in [2.75, 3.05) is 26.3 Å². The Bertz CT molecular complexity index is 226. The monoisotopic (exact) mass is 200 g/mol. The van der Waals surface area contributed by atoms with E-state index in [1.54, 1.807) is 6.07 Å². The maximum Gasteiger partial charge on any atom is 0.124 e. The first-order valence-corrected chi connectivity index (χ1v) is 4.70. The molecule has 0 bridgehead atoms. The molecule has 2 N–H and O–H groups in total. The van der Waals surface area contributed by atoms with Gasteiger partial charge in [0, 0.05) is 32.3 Å². The van der Waals surface area contributed by atoms with E-state index in [4.69, 9.17) is 14.7 Å². The number of nitrogens with zero attached hydrogens (tertiary/aromatic N) is 2. The van der Waals surface area contributed by atoms with Crippen molar-refractivity contribution in [3.63, 3.8) is 0 Å². The smallest absolute Gasteiger partial charge is 0.124 e. The standard InChI is InChI=1S/C9H16N2O3/c12-5-1-3-11(4-6-13)8-9-2-7-14-10-9/h2,7,12-13H,1,3-6,8H2. The van der Waals surface area contributed by atoms with Crippen LogP contribution >= 0.6 is 0 Å². The van der Waals surface area contributed by atoms with Gasteiger partial charge in [-0.1, -0.05) is 5.16 Å². The second-order valence-electron chi connectivity index (χ2n) is 3.07. The Hall–Kier alpha value is -0.910. The van der Waals surface area contributed by atoms with Gasteiger partial charge in [-0.3, -0.25) is 4.90 Å². The summed E-state index contributed by atoms with van der Waals surface area (Å²) in [5.74, 6) is 0. The van der Waals surface area contributed by atoms with E-state index in [0.717, 1.165) is 12.2 Å². The molecule has 0 radical (unpaired) electrons. The molecule has 14 heavy (non-hydrogen) atoms. The van der Waals surface area contributed by atoms with Crippen LogP contribution in [0.3, 0.4) is 0 Å². The molecule has 0 aliphatic carbocycles. The molecule has 0 atom stereocenters. The second kappa shape index (κ2) is 6.53. The van der Waals surface area contributed by atoms with Crippen LogP contribution in [-0.4, -0.2) is 46.6 Å². The normalized spacial score (nSPS) is 11.1. The summed E-state index contributed by atoms with van der Waals surface area (Å²) < 4.78 is 4.71. The van der Waals surface area contributed by atoms with E-state index < -0.39 is 0 Å². The van der Waals surface area contributed by atoms with Crippen molar-refractivity contribution in [1.29, 1.82) is 0 Å². The Kier molecular flexibility index (Phi) is 5.21. The predicted molar refractivity (Wildman–Crippen MR) is 50.6 cm³/mol. The number of hydrogen-bond acceptors (Lipinski definition) is 5. The van der Waals surface area contributed by atoms with Gasteiger partial charge in [0.15, 0.2) is 0 Å². The first-order valence-electron chi connectivity index (χ1n) is 4.70. The molecule has 1 heterocycles. The number of hydrogen-bond donors (Lipinski definition) is 2. The van der Waals surface area contributed by atoms with Crippen LogP contribution in [0.15, 0.2) is 16.9 Å². The molecular formula is C9H16N2O3. The molecule has 5 nitrogen and oxygen atoms in total. The molecule has 0 aromatic carbocycles. The Balaban J connectivity index is 2.34. The van der Waals surface area contributed by atoms with Gasteiger partial charge in [0.05, 0.1) is 12.3 Å². The third-order valence-corrected chi connectivity index (χ3v) is 1.93. The summed E-state index contributed by atoms with van der Waals surface area (Å²) in [6.45, 7) is 2.28. The molecule has 0 saturated heterocycles. The average molecular weight is 200 g/mol. The third-order valence-electron chi connectivity index (χ3n) is 1.93. The summed E-state index contributed by atoms with van der Waals surface area (Å²) in [6.07, 6.45) is 2.23. The highest BCUT2D eigenvalue weighted by molar-refractivity contribution is 4.94. The van der Waals surface area contributed by atoms with Crippen LogP contribution in [0.4, 0.5) is 0 Å². The maximum absolute atomic E-state index is 8.82. The maximum atomic E-state index is 8.82. The zero-order valence-corrected chi connectivity index (χ0v) is 8.09. The van der Waals surface area contributed by atoms with Gasteiger partial charge < -0.3 is 14.7 Å². The van der Waals surface area contributed by atoms with Crippen molar-refractivity contribution >= 4 is 0 Å². The molecule has 0 saturated carbocycles. The van der Waals surface area contributed by atoms with E-state index in [1.807, 2.05) is 4.90 Å². The largest absolute Gasteiger partial charge is 0.396 e. The fraction of sp³-hybridized carbons (Fsp3) is 0.667. The van der Waals surface area contributed by atoms with E-state index in [-0.39, 0.29) is 13.2 Å². The minimum atomic E-state index is 0.114. The minimum absolute atomic E-state index is 0.114. The van der Waals surface area contributed by atoms with Gasteiger partial charge in [0.2, 0.25) is 0 Å². The number of rotatable bonds is 7. The molecule has 0 aliphatic rings. The van der Waals surface area contributed by atoms with Crippen LogP contribution in [-0.2, 0) is 6.54 Å². The Morgan fingerprint density at radius 3 is 2.71 bits per heavy atom. The van der Waals surface area contributed by atoms with Crippen LogP contribution in [0.25, 0.3) is 0 Å². The lowest BCUT2D eigenvalue weighted by atomic mass is 10.3. The molecule has 5 heteroatoms. The zero-order chi connectivity index (χ0) is 10.2. The van der Waals surface area contributed by atoms with Crippen LogP contribution < -0.4 is 0 Å². The van der Waals surface area contributed by atoms with E-state index in [9.17, 15) is 0 Å². The van der Waals surface area contributed by atoms with Crippen LogP contribution in [0, 0.1) is 0 Å². The molecule has 1 rings (SSSR count). The molecule has 0 amide bonds. The summed E-state index contributed by atoms with van der Waals surface area (Å²) in [5.41, 5.74) is 0.844. The Morgan fingerprint density at radius 1 is 1.29 bits per heavy atom. The second-order valence-corrected chi connectivity index (χ2v) is 3.07. The molecule has 80 valence electrons. The van der Waals surface area contributed by atoms with Crippen molar-refractivity contribution in [3.8, 4) is 0 Å². The van der Waals surface area contributed by atoms with Gasteiger partial charge in [0.1, 0.15) is 6.26 Å². The van der Waals surface area contributed by atoms with Gasteiger partial charge in [-0.2, -0.15) is 0 Å². The van der Waals surface area contributed by atoms with Crippen molar-refractivity contribution < 1.29 is 14.7 Å². The van der Waals surface area contributed by atoms with Gasteiger partial charge >= 0.3 is 0 Å². The van der Waals surface area contributed by atoms with E-state index in [2.05, 4.69) is 5.16 Å².